The van der Waals surface area contributed by atoms with E-state index in [0.717, 1.165) is 38.5 Å². The Bertz CT molecular complexity index is 358. The number of aliphatic carboxylic acids is 1. The van der Waals surface area contributed by atoms with Gasteiger partial charge in [0.15, 0.2) is 0 Å². The van der Waals surface area contributed by atoms with Gasteiger partial charge in [0, 0.05) is 12.6 Å². The average molecular weight is 282 g/mol. The molecule has 2 rings (SSSR count). The predicted molar refractivity (Wildman–Crippen MR) is 76.6 cm³/mol. The number of urea groups is 1. The van der Waals surface area contributed by atoms with Crippen molar-refractivity contribution in [1.82, 2.24) is 10.2 Å². The van der Waals surface area contributed by atoms with Crippen LogP contribution in [0.1, 0.15) is 64.7 Å². The second-order valence-corrected chi connectivity index (χ2v) is 6.21. The molecule has 5 heteroatoms. The van der Waals surface area contributed by atoms with Gasteiger partial charge in [-0.1, -0.05) is 25.7 Å². The maximum atomic E-state index is 12.5. The van der Waals surface area contributed by atoms with Crippen molar-refractivity contribution in [3.63, 3.8) is 0 Å². The molecule has 2 aliphatic carbocycles. The van der Waals surface area contributed by atoms with E-state index in [1.807, 2.05) is 11.8 Å². The van der Waals surface area contributed by atoms with Crippen molar-refractivity contribution in [2.75, 3.05) is 6.54 Å². The summed E-state index contributed by atoms with van der Waals surface area (Å²) in [5.41, 5.74) is -0.519. The van der Waals surface area contributed by atoms with Crippen molar-refractivity contribution in [2.45, 2.75) is 76.3 Å². The summed E-state index contributed by atoms with van der Waals surface area (Å²) in [6.45, 7) is 2.69. The van der Waals surface area contributed by atoms with E-state index in [9.17, 15) is 9.59 Å². The fraction of sp³-hybridized carbons (Fsp3) is 0.867. The molecule has 0 radical (unpaired) electrons. The van der Waals surface area contributed by atoms with Gasteiger partial charge in [-0.2, -0.15) is 0 Å². The van der Waals surface area contributed by atoms with Gasteiger partial charge in [0.05, 0.1) is 12.0 Å². The van der Waals surface area contributed by atoms with Gasteiger partial charge in [-0.15, -0.1) is 0 Å². The Morgan fingerprint density at radius 1 is 1.20 bits per heavy atom. The monoisotopic (exact) mass is 282 g/mol. The van der Waals surface area contributed by atoms with E-state index in [4.69, 9.17) is 5.11 Å². The number of rotatable bonds is 5. The van der Waals surface area contributed by atoms with Crippen LogP contribution in [0.2, 0.25) is 0 Å². The molecule has 2 amide bonds. The maximum Gasteiger partial charge on any atom is 0.318 e. The minimum Gasteiger partial charge on any atom is -0.481 e. The summed E-state index contributed by atoms with van der Waals surface area (Å²) in [5, 5.41) is 12.2. The highest BCUT2D eigenvalue weighted by Gasteiger charge is 2.39. The van der Waals surface area contributed by atoms with Crippen LogP contribution in [-0.2, 0) is 4.79 Å². The minimum atomic E-state index is -0.823. The standard InChI is InChI=1S/C15H26N2O3/c1-2-17(12-7-3-4-8-12)14(20)16-15(11-13(18)19)9-5-6-10-15/h12H,2-11H2,1H3,(H,16,20)(H,18,19). The number of carboxylic acids is 1. The molecule has 2 N–H and O–H groups in total. The Balaban J connectivity index is 2.01. The second kappa shape index (κ2) is 6.46. The largest absolute Gasteiger partial charge is 0.481 e. The smallest absolute Gasteiger partial charge is 0.318 e. The van der Waals surface area contributed by atoms with Crippen LogP contribution in [0.15, 0.2) is 0 Å². The average Bonchev–Trinajstić information content (AvgIpc) is 3.01. The first-order valence-corrected chi connectivity index (χ1v) is 7.87. The van der Waals surface area contributed by atoms with Crippen LogP contribution < -0.4 is 5.32 Å². The summed E-state index contributed by atoms with van der Waals surface area (Å²) in [6.07, 6.45) is 8.15. The molecule has 114 valence electrons. The second-order valence-electron chi connectivity index (χ2n) is 6.21. The molecular formula is C15H26N2O3. The number of carbonyl (C=O) groups excluding carboxylic acids is 1. The summed E-state index contributed by atoms with van der Waals surface area (Å²) in [7, 11) is 0. The third kappa shape index (κ3) is 3.44. The maximum absolute atomic E-state index is 12.5. The van der Waals surface area contributed by atoms with E-state index >= 15 is 0 Å². The highest BCUT2D eigenvalue weighted by Crippen LogP contribution is 2.33. The molecule has 0 bridgehead atoms. The number of nitrogens with zero attached hydrogens (tertiary/aromatic N) is 1. The van der Waals surface area contributed by atoms with Gasteiger partial charge in [0.1, 0.15) is 0 Å². The highest BCUT2D eigenvalue weighted by molar-refractivity contribution is 5.77. The first-order valence-electron chi connectivity index (χ1n) is 7.87. The quantitative estimate of drug-likeness (QED) is 0.814. The van der Waals surface area contributed by atoms with Crippen LogP contribution in [-0.4, -0.2) is 40.1 Å². The van der Waals surface area contributed by atoms with Crippen LogP contribution in [0.3, 0.4) is 0 Å². The van der Waals surface area contributed by atoms with Gasteiger partial charge < -0.3 is 15.3 Å². The molecule has 5 nitrogen and oxygen atoms in total. The topological polar surface area (TPSA) is 69.6 Å². The van der Waals surface area contributed by atoms with Gasteiger partial charge >= 0.3 is 12.0 Å². The Kier molecular flexibility index (Phi) is 4.89. The first kappa shape index (κ1) is 15.1. The van der Waals surface area contributed by atoms with Crippen molar-refractivity contribution >= 4 is 12.0 Å². The van der Waals surface area contributed by atoms with E-state index in [2.05, 4.69) is 5.32 Å². The van der Waals surface area contributed by atoms with Crippen LogP contribution in [0, 0.1) is 0 Å². The molecule has 0 unspecified atom stereocenters. The fourth-order valence-corrected chi connectivity index (χ4v) is 3.77. The third-order valence-electron chi connectivity index (χ3n) is 4.79. The van der Waals surface area contributed by atoms with E-state index in [0.29, 0.717) is 12.6 Å². The minimum absolute atomic E-state index is 0.0426. The van der Waals surface area contributed by atoms with Crippen molar-refractivity contribution in [3.8, 4) is 0 Å². The zero-order valence-electron chi connectivity index (χ0n) is 12.4. The molecule has 2 fully saturated rings. The number of amides is 2. The lowest BCUT2D eigenvalue weighted by Crippen LogP contribution is -2.54. The molecule has 0 aromatic carbocycles. The van der Waals surface area contributed by atoms with E-state index < -0.39 is 11.5 Å². The van der Waals surface area contributed by atoms with Crippen LogP contribution >= 0.6 is 0 Å². The summed E-state index contributed by atoms with van der Waals surface area (Å²) in [6, 6.07) is 0.269. The van der Waals surface area contributed by atoms with Crippen molar-refractivity contribution in [1.29, 1.82) is 0 Å². The van der Waals surface area contributed by atoms with Crippen molar-refractivity contribution in [2.24, 2.45) is 0 Å². The van der Waals surface area contributed by atoms with Crippen molar-refractivity contribution in [3.05, 3.63) is 0 Å². The van der Waals surface area contributed by atoms with Gasteiger partial charge in [-0.25, -0.2) is 4.79 Å². The number of carboxylic acid groups (broad SMARTS) is 1. The zero-order valence-corrected chi connectivity index (χ0v) is 12.4. The molecular weight excluding hydrogens is 256 g/mol. The highest BCUT2D eigenvalue weighted by atomic mass is 16.4. The van der Waals surface area contributed by atoms with Crippen LogP contribution in [0.5, 0.6) is 0 Å². The molecule has 0 saturated heterocycles. The predicted octanol–water partition coefficient (Wildman–Crippen LogP) is 2.75. The molecule has 0 aromatic heterocycles. The van der Waals surface area contributed by atoms with Gasteiger partial charge in [0.25, 0.3) is 0 Å². The number of hydrogen-bond acceptors (Lipinski definition) is 2. The molecule has 0 aliphatic heterocycles. The van der Waals surface area contributed by atoms with E-state index in [1.54, 1.807) is 0 Å². The Labute approximate surface area is 120 Å². The fourth-order valence-electron chi connectivity index (χ4n) is 3.77. The molecule has 0 atom stereocenters. The van der Waals surface area contributed by atoms with Gasteiger partial charge in [0.2, 0.25) is 0 Å². The van der Waals surface area contributed by atoms with E-state index in [1.165, 1.54) is 12.8 Å². The summed E-state index contributed by atoms with van der Waals surface area (Å²) >= 11 is 0. The first-order chi connectivity index (χ1) is 9.56. The number of carbonyl (C=O) groups is 2. The molecule has 0 aromatic rings. The molecule has 0 spiro atoms. The van der Waals surface area contributed by atoms with Crippen LogP contribution in [0.4, 0.5) is 4.79 Å². The molecule has 2 aliphatic rings. The normalized spacial score (nSPS) is 21.9. The lowest BCUT2D eigenvalue weighted by atomic mass is 9.93. The number of nitrogens with one attached hydrogen (secondary N) is 1. The third-order valence-corrected chi connectivity index (χ3v) is 4.79. The van der Waals surface area contributed by atoms with Crippen LogP contribution in [0.25, 0.3) is 0 Å². The zero-order chi connectivity index (χ0) is 14.6. The Morgan fingerprint density at radius 3 is 2.30 bits per heavy atom. The summed E-state index contributed by atoms with van der Waals surface area (Å²) in [4.78, 5) is 25.5. The lowest BCUT2D eigenvalue weighted by Gasteiger charge is -2.34. The number of hydrogen-bond donors (Lipinski definition) is 2. The van der Waals surface area contributed by atoms with E-state index in [-0.39, 0.29) is 12.5 Å². The van der Waals surface area contributed by atoms with Crippen molar-refractivity contribution < 1.29 is 14.7 Å². The molecule has 20 heavy (non-hydrogen) atoms. The van der Waals surface area contributed by atoms with Gasteiger partial charge in [-0.05, 0) is 32.6 Å². The lowest BCUT2D eigenvalue weighted by molar-refractivity contribution is -0.138. The summed E-state index contributed by atoms with van der Waals surface area (Å²) in [5.74, 6) is -0.823. The molecule has 0 heterocycles. The summed E-state index contributed by atoms with van der Waals surface area (Å²) < 4.78 is 0. The Morgan fingerprint density at radius 2 is 1.80 bits per heavy atom. The van der Waals surface area contributed by atoms with Gasteiger partial charge in [-0.3, -0.25) is 4.79 Å². The SMILES string of the molecule is CCN(C(=O)NC1(CC(=O)O)CCCC1)C1CCCC1. The Hall–Kier alpha value is -1.26. The molecule has 2 saturated carbocycles.